The van der Waals surface area contributed by atoms with Crippen LogP contribution < -0.4 is 5.32 Å². The van der Waals surface area contributed by atoms with Gasteiger partial charge in [0.05, 0.1) is 0 Å². The Labute approximate surface area is 123 Å². The van der Waals surface area contributed by atoms with Crippen molar-refractivity contribution in [1.29, 1.82) is 0 Å². The summed E-state index contributed by atoms with van der Waals surface area (Å²) in [5.74, 6) is -0.855. The van der Waals surface area contributed by atoms with Gasteiger partial charge in [0.2, 0.25) is 0 Å². The summed E-state index contributed by atoms with van der Waals surface area (Å²) in [5.41, 5.74) is 1.59. The third-order valence-electron chi connectivity index (χ3n) is 2.95. The minimum atomic E-state index is -0.990. The number of benzene rings is 2. The van der Waals surface area contributed by atoms with E-state index in [4.69, 9.17) is 4.74 Å². The zero-order valence-corrected chi connectivity index (χ0v) is 11.8. The van der Waals surface area contributed by atoms with E-state index in [-0.39, 0.29) is 12.4 Å². The van der Waals surface area contributed by atoms with Crippen molar-refractivity contribution in [3.63, 3.8) is 0 Å². The van der Waals surface area contributed by atoms with Crippen molar-refractivity contribution in [3.8, 4) is 0 Å². The highest BCUT2D eigenvalue weighted by Gasteiger charge is 2.24. The number of Topliss-reactive ketones (excluding diaryl/α,β-unsaturated/α-hetero) is 1. The Balaban J connectivity index is 1.98. The molecule has 0 aromatic heterocycles. The van der Waals surface area contributed by atoms with Gasteiger partial charge in [0.25, 0.3) is 0 Å². The van der Waals surface area contributed by atoms with Crippen LogP contribution in [0.25, 0.3) is 0 Å². The van der Waals surface area contributed by atoms with Gasteiger partial charge in [-0.3, -0.25) is 4.79 Å². The minimum absolute atomic E-state index is 0.153. The average molecular weight is 283 g/mol. The molecule has 1 unspecified atom stereocenters. The molecule has 0 fully saturated rings. The number of hydrogen-bond acceptors (Lipinski definition) is 4. The summed E-state index contributed by atoms with van der Waals surface area (Å²) in [7, 11) is 0. The van der Waals surface area contributed by atoms with Gasteiger partial charge >= 0.3 is 5.97 Å². The highest BCUT2D eigenvalue weighted by atomic mass is 16.5. The molecule has 4 heteroatoms. The van der Waals surface area contributed by atoms with Crippen LogP contribution in [0.15, 0.2) is 60.7 Å². The molecule has 4 nitrogen and oxygen atoms in total. The maximum atomic E-state index is 12.1. The summed E-state index contributed by atoms with van der Waals surface area (Å²) < 4.78 is 5.20. The lowest BCUT2D eigenvalue weighted by atomic mass is 10.2. The fraction of sp³-hybridized carbons (Fsp3) is 0.176. The molecule has 0 spiro atoms. The van der Waals surface area contributed by atoms with Crippen LogP contribution in [-0.4, -0.2) is 17.8 Å². The molecule has 0 bridgehead atoms. The molecule has 1 N–H and O–H groups in total. The predicted molar refractivity (Wildman–Crippen MR) is 80.8 cm³/mol. The molecule has 108 valence electrons. The molecule has 0 saturated carbocycles. The standard InChI is InChI=1S/C17H17NO3/c1-13(19)16(18-15-10-6-3-7-11-15)17(20)21-12-14-8-4-2-5-9-14/h2-11,16,18H,12H2,1H3. The molecular formula is C17H17NO3. The van der Waals surface area contributed by atoms with Crippen molar-refractivity contribution < 1.29 is 14.3 Å². The topological polar surface area (TPSA) is 55.4 Å². The molecule has 2 aromatic carbocycles. The zero-order valence-electron chi connectivity index (χ0n) is 11.8. The van der Waals surface area contributed by atoms with E-state index in [0.29, 0.717) is 5.69 Å². The van der Waals surface area contributed by atoms with Crippen molar-refractivity contribution in [3.05, 3.63) is 66.2 Å². The fourth-order valence-electron chi connectivity index (χ4n) is 1.84. The first-order chi connectivity index (χ1) is 10.2. The van der Waals surface area contributed by atoms with E-state index in [2.05, 4.69) is 5.32 Å². The van der Waals surface area contributed by atoms with Crippen LogP contribution >= 0.6 is 0 Å². The van der Waals surface area contributed by atoms with E-state index in [0.717, 1.165) is 5.56 Å². The first-order valence-corrected chi connectivity index (χ1v) is 6.69. The molecule has 0 aliphatic carbocycles. The molecule has 2 aromatic rings. The predicted octanol–water partition coefficient (Wildman–Crippen LogP) is 2.80. The number of carbonyl (C=O) groups is 2. The van der Waals surface area contributed by atoms with Crippen molar-refractivity contribution in [1.82, 2.24) is 0 Å². The summed E-state index contributed by atoms with van der Waals surface area (Å²) in [6, 6.07) is 17.5. The largest absolute Gasteiger partial charge is 0.459 e. The Hall–Kier alpha value is -2.62. The number of esters is 1. The first kappa shape index (κ1) is 14.8. The van der Waals surface area contributed by atoms with Gasteiger partial charge in [-0.2, -0.15) is 0 Å². The molecule has 0 radical (unpaired) electrons. The van der Waals surface area contributed by atoms with Crippen LogP contribution in [0.4, 0.5) is 5.69 Å². The lowest BCUT2D eigenvalue weighted by Crippen LogP contribution is -2.37. The zero-order chi connectivity index (χ0) is 15.1. The van der Waals surface area contributed by atoms with Crippen LogP contribution in [0.5, 0.6) is 0 Å². The van der Waals surface area contributed by atoms with Crippen molar-refractivity contribution in [2.75, 3.05) is 5.32 Å². The lowest BCUT2D eigenvalue weighted by molar-refractivity contribution is -0.148. The van der Waals surface area contributed by atoms with E-state index in [1.807, 2.05) is 48.5 Å². The molecule has 0 heterocycles. The van der Waals surface area contributed by atoms with Crippen molar-refractivity contribution in [2.24, 2.45) is 0 Å². The molecule has 0 amide bonds. The van der Waals surface area contributed by atoms with Crippen LogP contribution in [0.1, 0.15) is 12.5 Å². The summed E-state index contributed by atoms with van der Waals surface area (Å²) in [6.45, 7) is 1.52. The Kier molecular flexibility index (Phi) is 5.10. The minimum Gasteiger partial charge on any atom is -0.459 e. The SMILES string of the molecule is CC(=O)C(Nc1ccccc1)C(=O)OCc1ccccc1. The lowest BCUT2D eigenvalue weighted by Gasteiger charge is -2.16. The number of ketones is 1. The first-order valence-electron chi connectivity index (χ1n) is 6.69. The number of rotatable bonds is 6. The van der Waals surface area contributed by atoms with E-state index in [9.17, 15) is 9.59 Å². The number of hydrogen-bond donors (Lipinski definition) is 1. The van der Waals surface area contributed by atoms with E-state index < -0.39 is 12.0 Å². The second kappa shape index (κ2) is 7.24. The molecular weight excluding hydrogens is 266 g/mol. The maximum Gasteiger partial charge on any atom is 0.336 e. The summed E-state index contributed by atoms with van der Waals surface area (Å²) in [4.78, 5) is 23.7. The number of nitrogens with one attached hydrogen (secondary N) is 1. The Bertz CT molecular complexity index is 596. The third kappa shape index (κ3) is 4.45. The van der Waals surface area contributed by atoms with E-state index in [1.165, 1.54) is 6.92 Å². The highest BCUT2D eigenvalue weighted by Crippen LogP contribution is 2.10. The van der Waals surface area contributed by atoms with Gasteiger partial charge in [-0.05, 0) is 24.6 Å². The molecule has 2 rings (SSSR count). The number of para-hydroxylation sites is 1. The van der Waals surface area contributed by atoms with Gasteiger partial charge in [-0.1, -0.05) is 48.5 Å². The van der Waals surface area contributed by atoms with Crippen LogP contribution in [0.2, 0.25) is 0 Å². The van der Waals surface area contributed by atoms with E-state index >= 15 is 0 Å². The number of carbonyl (C=O) groups excluding carboxylic acids is 2. The van der Waals surface area contributed by atoms with Gasteiger partial charge in [-0.15, -0.1) is 0 Å². The van der Waals surface area contributed by atoms with E-state index in [1.54, 1.807) is 12.1 Å². The fourth-order valence-corrected chi connectivity index (χ4v) is 1.84. The summed E-state index contributed by atoms with van der Waals surface area (Å²) in [6.07, 6.45) is 0. The van der Waals surface area contributed by atoms with Gasteiger partial charge in [-0.25, -0.2) is 4.79 Å². The van der Waals surface area contributed by atoms with Gasteiger partial charge < -0.3 is 10.1 Å². The highest BCUT2D eigenvalue weighted by molar-refractivity contribution is 6.04. The quantitative estimate of drug-likeness (QED) is 0.654. The average Bonchev–Trinajstić information content (AvgIpc) is 2.52. The molecule has 21 heavy (non-hydrogen) atoms. The second-order valence-corrected chi connectivity index (χ2v) is 4.65. The maximum absolute atomic E-state index is 12.1. The van der Waals surface area contributed by atoms with Gasteiger partial charge in [0.15, 0.2) is 11.8 Å². The van der Waals surface area contributed by atoms with Gasteiger partial charge in [0.1, 0.15) is 6.61 Å². The van der Waals surface area contributed by atoms with Crippen LogP contribution in [0, 0.1) is 0 Å². The Morgan fingerprint density at radius 2 is 1.57 bits per heavy atom. The monoisotopic (exact) mass is 283 g/mol. The number of ether oxygens (including phenoxy) is 1. The smallest absolute Gasteiger partial charge is 0.336 e. The van der Waals surface area contributed by atoms with Gasteiger partial charge in [0, 0.05) is 5.69 Å². The van der Waals surface area contributed by atoms with Crippen molar-refractivity contribution in [2.45, 2.75) is 19.6 Å². The molecule has 0 saturated heterocycles. The second-order valence-electron chi connectivity index (χ2n) is 4.65. The Morgan fingerprint density at radius 3 is 2.14 bits per heavy atom. The summed E-state index contributed by atoms with van der Waals surface area (Å²) in [5, 5.41) is 2.89. The summed E-state index contributed by atoms with van der Waals surface area (Å²) >= 11 is 0. The van der Waals surface area contributed by atoms with Crippen LogP contribution in [0.3, 0.4) is 0 Å². The van der Waals surface area contributed by atoms with Crippen LogP contribution in [-0.2, 0) is 20.9 Å². The Morgan fingerprint density at radius 1 is 1.00 bits per heavy atom. The molecule has 0 aliphatic rings. The van der Waals surface area contributed by atoms with Crippen molar-refractivity contribution >= 4 is 17.4 Å². The molecule has 0 aliphatic heterocycles. The number of anilines is 1. The third-order valence-corrected chi connectivity index (χ3v) is 2.95. The molecule has 1 atom stereocenters. The normalized spacial score (nSPS) is 11.5.